The minimum Gasteiger partial charge on any atom is -0.352 e. The fourth-order valence-corrected chi connectivity index (χ4v) is 2.00. The van der Waals surface area contributed by atoms with Gasteiger partial charge in [-0.1, -0.05) is 27.5 Å². The highest BCUT2D eigenvalue weighted by Crippen LogP contribution is 2.30. The normalized spacial score (nSPS) is 10.1. The van der Waals surface area contributed by atoms with E-state index in [-0.39, 0.29) is 11.3 Å². The number of hydrogen-bond donors (Lipinski definition) is 1. The van der Waals surface area contributed by atoms with Crippen LogP contribution in [-0.4, -0.2) is 0 Å². The summed E-state index contributed by atoms with van der Waals surface area (Å²) in [5.74, 6) is -2.30. The largest absolute Gasteiger partial charge is 0.352 e. The summed E-state index contributed by atoms with van der Waals surface area (Å²) in [5, 5.41) is 11.7. The second-order valence-electron chi connectivity index (χ2n) is 3.65. The van der Waals surface area contributed by atoms with Crippen molar-refractivity contribution >= 4 is 38.9 Å². The number of nitrogens with one attached hydrogen (secondary N) is 1. The van der Waals surface area contributed by atoms with Gasteiger partial charge >= 0.3 is 0 Å². The van der Waals surface area contributed by atoms with E-state index < -0.39 is 11.6 Å². The van der Waals surface area contributed by atoms with Crippen molar-refractivity contribution in [3.63, 3.8) is 0 Å². The van der Waals surface area contributed by atoms with Crippen LogP contribution in [0.5, 0.6) is 0 Å². The summed E-state index contributed by atoms with van der Waals surface area (Å²) >= 11 is 9.20. The van der Waals surface area contributed by atoms with Crippen LogP contribution in [0.1, 0.15) is 5.56 Å². The molecule has 19 heavy (non-hydrogen) atoms. The predicted octanol–water partition coefficient (Wildman–Crippen LogP) is 5.00. The van der Waals surface area contributed by atoms with Gasteiger partial charge in [0.15, 0.2) is 11.6 Å². The molecule has 0 radical (unpaired) electrons. The Morgan fingerprint density at radius 2 is 1.84 bits per heavy atom. The molecule has 0 amide bonds. The highest BCUT2D eigenvalue weighted by atomic mass is 79.9. The summed E-state index contributed by atoms with van der Waals surface area (Å²) in [5.41, 5.74) is -0.000983. The van der Waals surface area contributed by atoms with Gasteiger partial charge in [-0.3, -0.25) is 0 Å². The molecule has 0 aliphatic heterocycles. The van der Waals surface area contributed by atoms with Gasteiger partial charge in [0.2, 0.25) is 0 Å². The maximum atomic E-state index is 13.7. The van der Waals surface area contributed by atoms with E-state index in [2.05, 4.69) is 21.2 Å². The van der Waals surface area contributed by atoms with Gasteiger partial charge in [0.25, 0.3) is 0 Å². The number of rotatable bonds is 2. The molecule has 2 rings (SSSR count). The minimum absolute atomic E-state index is 0.0866. The molecule has 0 saturated heterocycles. The van der Waals surface area contributed by atoms with E-state index in [1.54, 1.807) is 24.3 Å². The van der Waals surface area contributed by atoms with Crippen LogP contribution in [0.15, 0.2) is 34.8 Å². The van der Waals surface area contributed by atoms with Gasteiger partial charge in [-0.2, -0.15) is 5.26 Å². The smallest absolute Gasteiger partial charge is 0.183 e. The average Bonchev–Trinajstić information content (AvgIpc) is 2.39. The number of hydrogen-bond acceptors (Lipinski definition) is 2. The lowest BCUT2D eigenvalue weighted by molar-refractivity contribution is 0.509. The summed E-state index contributed by atoms with van der Waals surface area (Å²) in [6.45, 7) is 0. The van der Waals surface area contributed by atoms with Gasteiger partial charge in [-0.05, 0) is 30.3 Å². The van der Waals surface area contributed by atoms with Gasteiger partial charge < -0.3 is 5.32 Å². The topological polar surface area (TPSA) is 35.8 Å². The Morgan fingerprint density at radius 1 is 1.11 bits per heavy atom. The number of anilines is 2. The van der Waals surface area contributed by atoms with Crippen molar-refractivity contribution in [3.05, 3.63) is 57.0 Å². The Morgan fingerprint density at radius 3 is 2.53 bits per heavy atom. The van der Waals surface area contributed by atoms with Crippen LogP contribution in [0.4, 0.5) is 20.2 Å². The molecule has 1 N–H and O–H groups in total. The average molecular weight is 344 g/mol. The van der Waals surface area contributed by atoms with E-state index in [1.807, 2.05) is 0 Å². The molecule has 0 saturated carbocycles. The Bertz CT molecular complexity index is 683. The molecule has 0 spiro atoms. The van der Waals surface area contributed by atoms with Crippen LogP contribution in [0.25, 0.3) is 0 Å². The second-order valence-corrected chi connectivity index (χ2v) is 4.97. The molecule has 0 aliphatic rings. The minimum atomic E-state index is -1.18. The first-order valence-electron chi connectivity index (χ1n) is 5.13. The number of benzene rings is 2. The predicted molar refractivity (Wildman–Crippen MR) is 73.5 cm³/mol. The van der Waals surface area contributed by atoms with Crippen molar-refractivity contribution in [2.75, 3.05) is 5.32 Å². The number of halogens is 4. The molecule has 2 aromatic rings. The molecule has 2 nitrogen and oxygen atoms in total. The summed E-state index contributed by atoms with van der Waals surface area (Å²) < 4.78 is 27.9. The summed E-state index contributed by atoms with van der Waals surface area (Å²) in [4.78, 5) is 0. The maximum Gasteiger partial charge on any atom is 0.183 e. The molecule has 6 heteroatoms. The van der Waals surface area contributed by atoms with Crippen molar-refractivity contribution in [2.24, 2.45) is 0 Å². The number of nitrogens with zero attached hydrogens (tertiary/aromatic N) is 1. The fraction of sp³-hybridized carbons (Fsp3) is 0. The van der Waals surface area contributed by atoms with Gasteiger partial charge in [0.1, 0.15) is 6.07 Å². The number of nitriles is 1. The summed E-state index contributed by atoms with van der Waals surface area (Å²) in [6, 6.07) is 9.04. The summed E-state index contributed by atoms with van der Waals surface area (Å²) in [7, 11) is 0. The third-order valence-corrected chi connectivity index (χ3v) is 3.22. The van der Waals surface area contributed by atoms with E-state index in [0.717, 1.165) is 4.47 Å². The lowest BCUT2D eigenvalue weighted by Crippen LogP contribution is -1.99. The zero-order chi connectivity index (χ0) is 14.0. The first-order chi connectivity index (χ1) is 9.02. The third kappa shape index (κ3) is 2.86. The lowest BCUT2D eigenvalue weighted by Gasteiger charge is -2.10. The van der Waals surface area contributed by atoms with E-state index in [4.69, 9.17) is 16.9 Å². The molecule has 0 unspecified atom stereocenters. The first kappa shape index (κ1) is 13.8. The van der Waals surface area contributed by atoms with Crippen molar-refractivity contribution in [3.8, 4) is 6.07 Å². The first-order valence-corrected chi connectivity index (χ1v) is 6.30. The molecule has 0 atom stereocenters. The summed E-state index contributed by atoms with van der Waals surface area (Å²) in [6.07, 6.45) is 0. The Kier molecular flexibility index (Phi) is 4.03. The standard InChI is InChI=1S/C13H6BrClF2N2/c14-8-2-3-9(15)11(5-8)19-10-4-1-7(6-18)12(16)13(10)17/h1-5,19H. The second kappa shape index (κ2) is 5.55. The van der Waals surface area contributed by atoms with Gasteiger partial charge in [-0.15, -0.1) is 0 Å². The molecule has 2 aromatic carbocycles. The van der Waals surface area contributed by atoms with E-state index in [1.165, 1.54) is 12.1 Å². The molecule has 0 bridgehead atoms. The Labute approximate surface area is 121 Å². The van der Waals surface area contributed by atoms with E-state index in [0.29, 0.717) is 10.7 Å². The maximum absolute atomic E-state index is 13.7. The van der Waals surface area contributed by atoms with Crippen LogP contribution >= 0.6 is 27.5 Å². The lowest BCUT2D eigenvalue weighted by atomic mass is 10.2. The van der Waals surface area contributed by atoms with Crippen LogP contribution in [0.3, 0.4) is 0 Å². The van der Waals surface area contributed by atoms with Crippen LogP contribution in [0.2, 0.25) is 5.02 Å². The fourth-order valence-electron chi connectivity index (χ4n) is 1.47. The van der Waals surface area contributed by atoms with Gasteiger partial charge in [0.05, 0.1) is 22.0 Å². The SMILES string of the molecule is N#Cc1ccc(Nc2cc(Br)ccc2Cl)c(F)c1F. The zero-order valence-corrected chi connectivity index (χ0v) is 11.7. The highest BCUT2D eigenvalue weighted by Gasteiger charge is 2.14. The monoisotopic (exact) mass is 342 g/mol. The van der Waals surface area contributed by atoms with E-state index >= 15 is 0 Å². The van der Waals surface area contributed by atoms with E-state index in [9.17, 15) is 8.78 Å². The molecule has 0 heterocycles. The zero-order valence-electron chi connectivity index (χ0n) is 9.35. The van der Waals surface area contributed by atoms with Crippen molar-refractivity contribution in [1.82, 2.24) is 0 Å². The van der Waals surface area contributed by atoms with Crippen molar-refractivity contribution in [2.45, 2.75) is 0 Å². The molecular weight excluding hydrogens is 338 g/mol. The van der Waals surface area contributed by atoms with Gasteiger partial charge in [0, 0.05) is 4.47 Å². The third-order valence-electron chi connectivity index (χ3n) is 2.40. The molecular formula is C13H6BrClF2N2. The molecule has 0 aliphatic carbocycles. The molecule has 0 aromatic heterocycles. The Balaban J connectivity index is 2.42. The highest BCUT2D eigenvalue weighted by molar-refractivity contribution is 9.10. The van der Waals surface area contributed by atoms with Crippen LogP contribution in [0, 0.1) is 23.0 Å². The van der Waals surface area contributed by atoms with Crippen molar-refractivity contribution < 1.29 is 8.78 Å². The molecule has 0 fully saturated rings. The van der Waals surface area contributed by atoms with Crippen LogP contribution in [-0.2, 0) is 0 Å². The van der Waals surface area contributed by atoms with Crippen LogP contribution < -0.4 is 5.32 Å². The van der Waals surface area contributed by atoms with Gasteiger partial charge in [-0.25, -0.2) is 8.78 Å². The van der Waals surface area contributed by atoms with Crippen molar-refractivity contribution in [1.29, 1.82) is 5.26 Å². The quantitative estimate of drug-likeness (QED) is 0.833. The molecule has 96 valence electrons. The Hall–Kier alpha value is -1.64.